The van der Waals surface area contributed by atoms with Gasteiger partial charge in [-0.05, 0) is 31.6 Å². The molecule has 0 aromatic carbocycles. The molecule has 2 heterocycles. The van der Waals surface area contributed by atoms with Crippen molar-refractivity contribution in [2.75, 3.05) is 24.6 Å². The first kappa shape index (κ1) is 15.0. The summed E-state index contributed by atoms with van der Waals surface area (Å²) < 4.78 is 11.6. The first-order valence-corrected chi connectivity index (χ1v) is 9.94. The lowest BCUT2D eigenvalue weighted by molar-refractivity contribution is 0.0187. The molecule has 0 radical (unpaired) electrons. The van der Waals surface area contributed by atoms with Gasteiger partial charge >= 0.3 is 0 Å². The van der Waals surface area contributed by atoms with Crippen LogP contribution < -0.4 is 5.32 Å². The zero-order valence-electron chi connectivity index (χ0n) is 13.1. The van der Waals surface area contributed by atoms with E-state index in [1.54, 1.807) is 0 Å². The molecule has 20 heavy (non-hydrogen) atoms. The molecule has 1 saturated carbocycles. The van der Waals surface area contributed by atoms with Crippen LogP contribution >= 0.6 is 0 Å². The van der Waals surface area contributed by atoms with E-state index in [0.717, 1.165) is 30.9 Å². The fourth-order valence-electron chi connectivity index (χ4n) is 4.48. The quantitative estimate of drug-likeness (QED) is 0.848. The van der Waals surface area contributed by atoms with E-state index >= 15 is 0 Å². The van der Waals surface area contributed by atoms with Gasteiger partial charge in [-0.15, -0.1) is 0 Å². The summed E-state index contributed by atoms with van der Waals surface area (Å²) in [6, 6.07) is 1.34. The van der Waals surface area contributed by atoms with Gasteiger partial charge in [-0.1, -0.05) is 26.7 Å². The maximum Gasteiger partial charge on any atom is 0.0309 e. The normalized spacial score (nSPS) is 38.6. The first-order chi connectivity index (χ1) is 9.60. The Morgan fingerprint density at radius 3 is 2.45 bits per heavy atom. The second-order valence-corrected chi connectivity index (χ2v) is 9.13. The molecule has 3 nitrogen and oxygen atoms in total. The third-order valence-electron chi connectivity index (χ3n) is 5.75. The van der Waals surface area contributed by atoms with Crippen molar-refractivity contribution in [2.24, 2.45) is 5.92 Å². The topological polar surface area (TPSA) is 32.3 Å². The largest absolute Gasteiger partial charge is 0.308 e. The Morgan fingerprint density at radius 1 is 1.20 bits per heavy atom. The van der Waals surface area contributed by atoms with Gasteiger partial charge in [0.25, 0.3) is 0 Å². The van der Waals surface area contributed by atoms with Gasteiger partial charge in [-0.3, -0.25) is 9.11 Å². The molecule has 3 rings (SSSR count). The van der Waals surface area contributed by atoms with Gasteiger partial charge < -0.3 is 5.32 Å². The fraction of sp³-hybridized carbons (Fsp3) is 1.00. The van der Waals surface area contributed by atoms with Crippen molar-refractivity contribution in [2.45, 2.75) is 70.0 Å². The maximum atomic E-state index is 11.6. The Hall–Kier alpha value is 0.0700. The average molecular weight is 298 g/mol. The molecule has 1 N–H and O–H groups in total. The minimum atomic E-state index is -0.540. The Kier molecular flexibility index (Phi) is 4.54. The first-order valence-electron chi connectivity index (χ1n) is 8.45. The highest BCUT2D eigenvalue weighted by atomic mass is 32.2. The number of nitrogens with zero attached hydrogens (tertiary/aromatic N) is 1. The standard InChI is InChI=1S/C16H30N2OS/c1-13(2)15-11-17-16(7-3-4-8-16)12-18(15)14-5-9-20(19)10-6-14/h13-15,17H,3-12H2,1-2H3. The highest BCUT2D eigenvalue weighted by Crippen LogP contribution is 2.36. The van der Waals surface area contributed by atoms with Crippen molar-refractivity contribution in [1.29, 1.82) is 0 Å². The Balaban J connectivity index is 1.73. The van der Waals surface area contributed by atoms with Gasteiger partial charge in [0.1, 0.15) is 0 Å². The number of hydrogen-bond acceptors (Lipinski definition) is 3. The summed E-state index contributed by atoms with van der Waals surface area (Å²) >= 11 is 0. The predicted molar refractivity (Wildman–Crippen MR) is 85.4 cm³/mol. The summed E-state index contributed by atoms with van der Waals surface area (Å²) in [6.07, 6.45) is 7.78. The van der Waals surface area contributed by atoms with Gasteiger partial charge in [0.15, 0.2) is 0 Å². The highest BCUT2D eigenvalue weighted by Gasteiger charge is 2.44. The summed E-state index contributed by atoms with van der Waals surface area (Å²) in [7, 11) is -0.540. The minimum Gasteiger partial charge on any atom is -0.308 e. The van der Waals surface area contributed by atoms with Gasteiger partial charge in [-0.25, -0.2) is 0 Å². The molecule has 2 saturated heterocycles. The Labute approximate surface area is 126 Å². The molecule has 4 heteroatoms. The molecule has 3 fully saturated rings. The highest BCUT2D eigenvalue weighted by molar-refractivity contribution is 7.85. The third kappa shape index (κ3) is 2.97. The van der Waals surface area contributed by atoms with Gasteiger partial charge in [0, 0.05) is 53.0 Å². The van der Waals surface area contributed by atoms with Crippen molar-refractivity contribution in [3.05, 3.63) is 0 Å². The number of rotatable bonds is 2. The lowest BCUT2D eigenvalue weighted by atomic mass is 9.87. The number of nitrogens with one attached hydrogen (secondary N) is 1. The van der Waals surface area contributed by atoms with E-state index in [9.17, 15) is 4.21 Å². The van der Waals surface area contributed by atoms with Gasteiger partial charge in [-0.2, -0.15) is 0 Å². The van der Waals surface area contributed by atoms with Crippen molar-refractivity contribution in [3.8, 4) is 0 Å². The SMILES string of the molecule is CC(C)C1CNC2(CCCC2)CN1C1CCS(=O)CC1. The van der Waals surface area contributed by atoms with Crippen LogP contribution in [0.1, 0.15) is 52.4 Å². The predicted octanol–water partition coefficient (Wildman–Crippen LogP) is 2.14. The molecule has 0 bridgehead atoms. The number of hydrogen-bond donors (Lipinski definition) is 1. The molecule has 0 amide bonds. The molecule has 1 aliphatic carbocycles. The van der Waals surface area contributed by atoms with Crippen LogP contribution in [0.3, 0.4) is 0 Å². The van der Waals surface area contributed by atoms with Gasteiger partial charge in [0.2, 0.25) is 0 Å². The Morgan fingerprint density at radius 2 is 1.85 bits per heavy atom. The summed E-state index contributed by atoms with van der Waals surface area (Å²) in [5.41, 5.74) is 0.405. The average Bonchev–Trinajstić information content (AvgIpc) is 2.87. The van der Waals surface area contributed by atoms with Crippen LogP contribution in [-0.2, 0) is 10.8 Å². The van der Waals surface area contributed by atoms with Crippen molar-refractivity contribution in [3.63, 3.8) is 0 Å². The molecule has 1 atom stereocenters. The van der Waals surface area contributed by atoms with Crippen LogP contribution in [0, 0.1) is 5.92 Å². The smallest absolute Gasteiger partial charge is 0.0309 e. The summed E-state index contributed by atoms with van der Waals surface area (Å²) in [5, 5.41) is 3.90. The van der Waals surface area contributed by atoms with E-state index in [4.69, 9.17) is 0 Å². The van der Waals surface area contributed by atoms with Crippen LogP contribution in [0.15, 0.2) is 0 Å². The van der Waals surface area contributed by atoms with Crippen molar-refractivity contribution < 1.29 is 4.21 Å². The molecule has 3 aliphatic rings. The maximum absolute atomic E-state index is 11.6. The van der Waals surface area contributed by atoms with Crippen molar-refractivity contribution >= 4 is 10.8 Å². The van der Waals surface area contributed by atoms with E-state index in [1.165, 1.54) is 32.2 Å². The lowest BCUT2D eigenvalue weighted by Crippen LogP contribution is -2.66. The minimum absolute atomic E-state index is 0.405. The van der Waals surface area contributed by atoms with Gasteiger partial charge in [0.05, 0.1) is 0 Å². The van der Waals surface area contributed by atoms with E-state index in [0.29, 0.717) is 23.5 Å². The third-order valence-corrected chi connectivity index (χ3v) is 7.14. The van der Waals surface area contributed by atoms with Crippen LogP contribution in [0.25, 0.3) is 0 Å². The second-order valence-electron chi connectivity index (χ2n) is 7.43. The zero-order chi connectivity index (χ0) is 14.2. The van der Waals surface area contributed by atoms with Crippen LogP contribution in [-0.4, -0.2) is 51.3 Å². The van der Waals surface area contributed by atoms with E-state index in [1.807, 2.05) is 0 Å². The fourth-order valence-corrected chi connectivity index (χ4v) is 5.75. The second kappa shape index (κ2) is 6.05. The van der Waals surface area contributed by atoms with Crippen LogP contribution in [0.5, 0.6) is 0 Å². The molecule has 1 spiro atoms. The van der Waals surface area contributed by atoms with Crippen molar-refractivity contribution in [1.82, 2.24) is 10.2 Å². The Bertz CT molecular complexity index is 355. The van der Waals surface area contributed by atoms with Crippen LogP contribution in [0.4, 0.5) is 0 Å². The molecule has 1 unspecified atom stereocenters. The zero-order valence-corrected chi connectivity index (χ0v) is 13.9. The molecular weight excluding hydrogens is 268 g/mol. The van der Waals surface area contributed by atoms with Crippen LogP contribution in [0.2, 0.25) is 0 Å². The molecule has 0 aromatic heterocycles. The molecule has 2 aliphatic heterocycles. The monoisotopic (exact) mass is 298 g/mol. The van der Waals surface area contributed by atoms with E-state index < -0.39 is 10.8 Å². The lowest BCUT2D eigenvalue weighted by Gasteiger charge is -2.51. The molecule has 0 aromatic rings. The summed E-state index contributed by atoms with van der Waals surface area (Å²) in [5.74, 6) is 2.55. The van der Waals surface area contributed by atoms with E-state index in [2.05, 4.69) is 24.1 Å². The summed E-state index contributed by atoms with van der Waals surface area (Å²) in [6.45, 7) is 7.09. The van der Waals surface area contributed by atoms with E-state index in [-0.39, 0.29) is 0 Å². The molecular formula is C16H30N2OS. The number of piperazine rings is 1. The molecule has 116 valence electrons. The summed E-state index contributed by atoms with van der Waals surface area (Å²) in [4.78, 5) is 2.81.